The molecule has 37 heavy (non-hydrogen) atoms. The maximum Gasteiger partial charge on any atom is 0.243 e. The second kappa shape index (κ2) is 13.3. The van der Waals surface area contributed by atoms with Crippen LogP contribution in [0.5, 0.6) is 0 Å². The Balaban J connectivity index is 1.74. The molecule has 0 aliphatic heterocycles. The zero-order valence-corrected chi connectivity index (χ0v) is 23.5. The van der Waals surface area contributed by atoms with E-state index in [1.807, 2.05) is 38.1 Å². The number of sulfonamides is 1. The van der Waals surface area contributed by atoms with E-state index >= 15 is 0 Å². The Labute approximate surface area is 226 Å². The van der Waals surface area contributed by atoms with E-state index in [0.717, 1.165) is 43.1 Å². The third kappa shape index (κ3) is 8.47. The number of carbonyl (C=O) groups is 2. The molecule has 2 aromatic rings. The van der Waals surface area contributed by atoms with Crippen LogP contribution in [-0.2, 0) is 26.2 Å². The van der Waals surface area contributed by atoms with Gasteiger partial charge in [0.15, 0.2) is 0 Å². The van der Waals surface area contributed by atoms with Gasteiger partial charge in [-0.05, 0) is 62.4 Å². The summed E-state index contributed by atoms with van der Waals surface area (Å²) in [6.45, 7) is 4.39. The topological polar surface area (TPSA) is 86.8 Å². The lowest BCUT2D eigenvalue weighted by atomic mass is 10.1. The lowest BCUT2D eigenvalue weighted by Crippen LogP contribution is -2.51. The molecule has 7 nitrogen and oxygen atoms in total. The summed E-state index contributed by atoms with van der Waals surface area (Å²) in [5.74, 6) is -0.285. The number of hydrogen-bond acceptors (Lipinski definition) is 4. The number of benzene rings is 2. The minimum Gasteiger partial charge on any atom is -0.352 e. The predicted molar refractivity (Wildman–Crippen MR) is 149 cm³/mol. The van der Waals surface area contributed by atoms with E-state index in [-0.39, 0.29) is 30.8 Å². The highest BCUT2D eigenvalue weighted by Crippen LogP contribution is 2.22. The van der Waals surface area contributed by atoms with Crippen molar-refractivity contribution in [1.82, 2.24) is 10.2 Å². The Morgan fingerprint density at radius 2 is 1.68 bits per heavy atom. The van der Waals surface area contributed by atoms with Crippen LogP contribution in [0.3, 0.4) is 0 Å². The summed E-state index contributed by atoms with van der Waals surface area (Å²) in [6.07, 6.45) is 6.25. The third-order valence-corrected chi connectivity index (χ3v) is 8.27. The molecule has 9 heteroatoms. The quantitative estimate of drug-likeness (QED) is 0.402. The molecule has 0 bridgehead atoms. The Kier molecular flexibility index (Phi) is 10.4. The molecular formula is C28H38ClN3O4S. The molecule has 1 atom stereocenters. The predicted octanol–water partition coefficient (Wildman–Crippen LogP) is 5.06. The summed E-state index contributed by atoms with van der Waals surface area (Å²) < 4.78 is 26.2. The SMILES string of the molecule is CC[C@H](C(=O)NC1CCCC1)N(Cc1ccc(C)cc1)C(=O)CCCN(c1ccc(Cl)cc1)S(C)(=O)=O. The minimum absolute atomic E-state index is 0.117. The molecule has 0 radical (unpaired) electrons. The number of hydrogen-bond donors (Lipinski definition) is 1. The van der Waals surface area contributed by atoms with Crippen molar-refractivity contribution in [1.29, 1.82) is 0 Å². The van der Waals surface area contributed by atoms with Crippen molar-refractivity contribution in [3.63, 3.8) is 0 Å². The first kappa shape index (κ1) is 29.0. The third-order valence-electron chi connectivity index (χ3n) is 6.83. The highest BCUT2D eigenvalue weighted by molar-refractivity contribution is 7.92. The summed E-state index contributed by atoms with van der Waals surface area (Å²) in [4.78, 5) is 28.4. The van der Waals surface area contributed by atoms with Gasteiger partial charge in [0.25, 0.3) is 0 Å². The Bertz CT molecular complexity index is 1150. The fraction of sp³-hybridized carbons (Fsp3) is 0.500. The number of rotatable bonds is 12. The van der Waals surface area contributed by atoms with Crippen molar-refractivity contribution in [2.75, 3.05) is 17.1 Å². The first-order valence-electron chi connectivity index (χ1n) is 13.0. The molecule has 1 fully saturated rings. The average molecular weight is 548 g/mol. The van der Waals surface area contributed by atoms with Crippen molar-refractivity contribution < 1.29 is 18.0 Å². The zero-order valence-electron chi connectivity index (χ0n) is 22.0. The summed E-state index contributed by atoms with van der Waals surface area (Å²) in [5, 5.41) is 3.66. The van der Waals surface area contributed by atoms with E-state index in [1.165, 1.54) is 4.31 Å². The van der Waals surface area contributed by atoms with Crippen LogP contribution in [0.1, 0.15) is 63.0 Å². The summed E-state index contributed by atoms with van der Waals surface area (Å²) >= 11 is 5.96. The molecule has 1 aliphatic rings. The van der Waals surface area contributed by atoms with Gasteiger partial charge in [-0.2, -0.15) is 0 Å². The fourth-order valence-corrected chi connectivity index (χ4v) is 5.88. The first-order valence-corrected chi connectivity index (χ1v) is 15.2. The van der Waals surface area contributed by atoms with E-state index in [4.69, 9.17) is 11.6 Å². The molecule has 1 saturated carbocycles. The van der Waals surface area contributed by atoms with Crippen molar-refractivity contribution in [3.8, 4) is 0 Å². The lowest BCUT2D eigenvalue weighted by Gasteiger charge is -2.32. The van der Waals surface area contributed by atoms with Crippen molar-refractivity contribution in [2.45, 2.75) is 77.4 Å². The first-order chi connectivity index (χ1) is 17.6. The normalized spacial score (nSPS) is 14.8. The van der Waals surface area contributed by atoms with E-state index in [0.29, 0.717) is 30.1 Å². The number of halogens is 1. The van der Waals surface area contributed by atoms with Crippen molar-refractivity contribution in [2.24, 2.45) is 0 Å². The molecule has 1 aliphatic carbocycles. The second-order valence-electron chi connectivity index (χ2n) is 9.84. The number of anilines is 1. The average Bonchev–Trinajstić information content (AvgIpc) is 3.36. The van der Waals surface area contributed by atoms with Crippen LogP contribution in [0.2, 0.25) is 5.02 Å². The monoisotopic (exact) mass is 547 g/mol. The van der Waals surface area contributed by atoms with Gasteiger partial charge in [-0.3, -0.25) is 13.9 Å². The number of carbonyl (C=O) groups excluding carboxylic acids is 2. The Hall–Kier alpha value is -2.58. The summed E-state index contributed by atoms with van der Waals surface area (Å²) in [7, 11) is -3.55. The van der Waals surface area contributed by atoms with Crippen LogP contribution < -0.4 is 9.62 Å². The molecule has 0 heterocycles. The highest BCUT2D eigenvalue weighted by Gasteiger charge is 2.30. The summed E-state index contributed by atoms with van der Waals surface area (Å²) in [6, 6.07) is 14.1. The fourth-order valence-electron chi connectivity index (χ4n) is 4.79. The molecular weight excluding hydrogens is 510 g/mol. The van der Waals surface area contributed by atoms with Crippen molar-refractivity contribution in [3.05, 3.63) is 64.7 Å². The van der Waals surface area contributed by atoms with Crippen LogP contribution in [0, 0.1) is 6.92 Å². The van der Waals surface area contributed by atoms with E-state index < -0.39 is 16.1 Å². The number of aryl methyl sites for hydroxylation is 1. The van der Waals surface area contributed by atoms with Crippen LogP contribution >= 0.6 is 11.6 Å². The number of nitrogens with one attached hydrogen (secondary N) is 1. The molecule has 3 rings (SSSR count). The molecule has 202 valence electrons. The van der Waals surface area contributed by atoms with Gasteiger partial charge in [0.1, 0.15) is 6.04 Å². The van der Waals surface area contributed by atoms with Crippen LogP contribution in [0.15, 0.2) is 48.5 Å². The van der Waals surface area contributed by atoms with Gasteiger partial charge in [-0.15, -0.1) is 0 Å². The molecule has 0 aromatic heterocycles. The van der Waals surface area contributed by atoms with Gasteiger partial charge >= 0.3 is 0 Å². The van der Waals surface area contributed by atoms with E-state index in [1.54, 1.807) is 29.2 Å². The van der Waals surface area contributed by atoms with Crippen LogP contribution in [0.25, 0.3) is 0 Å². The maximum atomic E-state index is 13.5. The number of nitrogens with zero attached hydrogens (tertiary/aromatic N) is 2. The molecule has 0 unspecified atom stereocenters. The van der Waals surface area contributed by atoms with Crippen LogP contribution in [-0.4, -0.2) is 50.0 Å². The van der Waals surface area contributed by atoms with E-state index in [2.05, 4.69) is 5.32 Å². The van der Waals surface area contributed by atoms with Gasteiger partial charge in [0.2, 0.25) is 21.8 Å². The van der Waals surface area contributed by atoms with Crippen LogP contribution in [0.4, 0.5) is 5.69 Å². The molecule has 2 aromatic carbocycles. The lowest BCUT2D eigenvalue weighted by molar-refractivity contribution is -0.141. The zero-order chi connectivity index (χ0) is 27.0. The molecule has 0 saturated heterocycles. The van der Waals surface area contributed by atoms with Gasteiger partial charge in [0, 0.05) is 30.6 Å². The largest absolute Gasteiger partial charge is 0.352 e. The van der Waals surface area contributed by atoms with Crippen molar-refractivity contribution >= 4 is 39.1 Å². The second-order valence-corrected chi connectivity index (χ2v) is 12.2. The van der Waals surface area contributed by atoms with Gasteiger partial charge in [-0.1, -0.05) is 61.2 Å². The molecule has 2 amide bonds. The highest BCUT2D eigenvalue weighted by atomic mass is 35.5. The Morgan fingerprint density at radius 3 is 2.24 bits per heavy atom. The summed E-state index contributed by atoms with van der Waals surface area (Å²) in [5.41, 5.74) is 2.57. The standard InChI is InChI=1S/C28H38ClN3O4S/c1-4-26(28(34)30-24-8-5-6-9-24)31(20-22-13-11-21(2)12-14-22)27(33)10-7-19-32(37(3,35)36)25-17-15-23(29)16-18-25/h11-18,24,26H,4-10,19-20H2,1-3H3,(H,30,34)/t26-/m1/s1. The van der Waals surface area contributed by atoms with Gasteiger partial charge in [-0.25, -0.2) is 8.42 Å². The van der Waals surface area contributed by atoms with E-state index in [9.17, 15) is 18.0 Å². The smallest absolute Gasteiger partial charge is 0.243 e. The van der Waals surface area contributed by atoms with Gasteiger partial charge in [0.05, 0.1) is 11.9 Å². The number of amides is 2. The Morgan fingerprint density at radius 1 is 1.05 bits per heavy atom. The van der Waals surface area contributed by atoms with Gasteiger partial charge < -0.3 is 10.2 Å². The minimum atomic E-state index is -3.55. The maximum absolute atomic E-state index is 13.5. The molecule has 1 N–H and O–H groups in total. The molecule has 0 spiro atoms.